The molecule has 0 aromatic heterocycles. The van der Waals surface area contributed by atoms with E-state index in [0.29, 0.717) is 16.7 Å². The van der Waals surface area contributed by atoms with Crippen LogP contribution in [0, 0.1) is 5.92 Å². The van der Waals surface area contributed by atoms with E-state index in [-0.39, 0.29) is 18.6 Å². The number of nitrogens with one attached hydrogen (secondary N) is 2. The highest BCUT2D eigenvalue weighted by molar-refractivity contribution is 6.32. The molecule has 1 aliphatic carbocycles. The summed E-state index contributed by atoms with van der Waals surface area (Å²) < 4.78 is 5.48. The number of carbonyl (C=O) groups excluding carboxylic acids is 1. The number of carbonyl (C=O) groups is 1. The van der Waals surface area contributed by atoms with Gasteiger partial charge in [0.2, 0.25) is 0 Å². The van der Waals surface area contributed by atoms with Crippen molar-refractivity contribution in [2.45, 2.75) is 32.7 Å². The first-order chi connectivity index (χ1) is 10.1. The Labute approximate surface area is 131 Å². The number of amides is 1. The van der Waals surface area contributed by atoms with E-state index in [0.717, 1.165) is 18.7 Å². The van der Waals surface area contributed by atoms with Gasteiger partial charge in [-0.25, -0.2) is 0 Å². The van der Waals surface area contributed by atoms with E-state index >= 15 is 0 Å². The molecule has 2 N–H and O–H groups in total. The molecule has 0 heterocycles. The van der Waals surface area contributed by atoms with Crippen LogP contribution in [0.15, 0.2) is 18.2 Å². The Bertz CT molecular complexity index is 489. The fraction of sp³-hybridized carbons (Fsp3) is 0.562. The third-order valence-corrected chi connectivity index (χ3v) is 3.91. The monoisotopic (exact) mass is 310 g/mol. The molecule has 0 aliphatic heterocycles. The standard InChI is InChI=1S/C16H23ClN2O2/c1-3-18-11(2)13-6-7-15(14(17)8-13)21-10-16(20)19-9-12-4-5-12/h6-8,11-12,18H,3-5,9-10H2,1-2H3,(H,19,20). The Morgan fingerprint density at radius 3 is 2.86 bits per heavy atom. The van der Waals surface area contributed by atoms with Crippen LogP contribution in [0.4, 0.5) is 0 Å². The van der Waals surface area contributed by atoms with Gasteiger partial charge in [0.1, 0.15) is 5.75 Å². The van der Waals surface area contributed by atoms with Gasteiger partial charge in [-0.1, -0.05) is 24.6 Å². The van der Waals surface area contributed by atoms with E-state index in [2.05, 4.69) is 24.5 Å². The summed E-state index contributed by atoms with van der Waals surface area (Å²) in [4.78, 5) is 11.6. The Balaban J connectivity index is 1.83. The van der Waals surface area contributed by atoms with E-state index in [1.807, 2.05) is 18.2 Å². The van der Waals surface area contributed by atoms with Crippen LogP contribution in [0.3, 0.4) is 0 Å². The maximum atomic E-state index is 11.6. The average molecular weight is 311 g/mol. The van der Waals surface area contributed by atoms with Gasteiger partial charge >= 0.3 is 0 Å². The summed E-state index contributed by atoms with van der Waals surface area (Å²) in [6.45, 7) is 5.82. The molecule has 2 rings (SSSR count). The van der Waals surface area contributed by atoms with Gasteiger partial charge in [0, 0.05) is 12.6 Å². The second kappa shape index (κ2) is 7.66. The van der Waals surface area contributed by atoms with Gasteiger partial charge in [0.25, 0.3) is 5.91 Å². The number of halogens is 1. The Hall–Kier alpha value is -1.26. The molecule has 0 spiro atoms. The van der Waals surface area contributed by atoms with Crippen molar-refractivity contribution in [3.63, 3.8) is 0 Å². The molecule has 1 aromatic rings. The highest BCUT2D eigenvalue weighted by Crippen LogP contribution is 2.28. The smallest absolute Gasteiger partial charge is 0.257 e. The second-order valence-corrected chi connectivity index (χ2v) is 5.91. The number of ether oxygens (including phenoxy) is 1. The lowest BCUT2D eigenvalue weighted by atomic mass is 10.1. The van der Waals surface area contributed by atoms with Gasteiger partial charge in [-0.3, -0.25) is 4.79 Å². The van der Waals surface area contributed by atoms with Gasteiger partial charge in [-0.15, -0.1) is 0 Å². The highest BCUT2D eigenvalue weighted by atomic mass is 35.5. The van der Waals surface area contributed by atoms with Crippen LogP contribution < -0.4 is 15.4 Å². The van der Waals surface area contributed by atoms with E-state index in [1.54, 1.807) is 0 Å². The first-order valence-electron chi connectivity index (χ1n) is 7.52. The maximum Gasteiger partial charge on any atom is 0.257 e. The van der Waals surface area contributed by atoms with E-state index in [1.165, 1.54) is 12.8 Å². The fourth-order valence-corrected chi connectivity index (χ4v) is 2.35. The van der Waals surface area contributed by atoms with Crippen LogP contribution >= 0.6 is 11.6 Å². The van der Waals surface area contributed by atoms with Crippen LogP contribution in [-0.4, -0.2) is 25.6 Å². The van der Waals surface area contributed by atoms with Crippen molar-refractivity contribution in [1.29, 1.82) is 0 Å². The normalized spacial score (nSPS) is 15.6. The van der Waals surface area contributed by atoms with E-state index < -0.39 is 0 Å². The zero-order valence-corrected chi connectivity index (χ0v) is 13.4. The lowest BCUT2D eigenvalue weighted by molar-refractivity contribution is -0.123. The quantitative estimate of drug-likeness (QED) is 0.776. The molecule has 0 radical (unpaired) electrons. The molecule has 5 heteroatoms. The van der Waals surface area contributed by atoms with Crippen molar-refractivity contribution in [3.8, 4) is 5.75 Å². The molecule has 1 fully saturated rings. The molecule has 4 nitrogen and oxygen atoms in total. The largest absolute Gasteiger partial charge is 0.482 e. The fourth-order valence-electron chi connectivity index (χ4n) is 2.10. The zero-order valence-electron chi connectivity index (χ0n) is 12.6. The molecule has 0 saturated heterocycles. The molecule has 116 valence electrons. The molecule has 1 saturated carbocycles. The highest BCUT2D eigenvalue weighted by Gasteiger charge is 2.21. The molecule has 1 aromatic carbocycles. The maximum absolute atomic E-state index is 11.6. The predicted octanol–water partition coefficient (Wildman–Crippen LogP) is 2.92. The van der Waals surface area contributed by atoms with Gasteiger partial charge in [0.05, 0.1) is 5.02 Å². The molecule has 1 amide bonds. The molecule has 1 atom stereocenters. The minimum absolute atomic E-state index is 0.00848. The summed E-state index contributed by atoms with van der Waals surface area (Å²) in [6, 6.07) is 5.91. The number of hydrogen-bond acceptors (Lipinski definition) is 3. The minimum Gasteiger partial charge on any atom is -0.482 e. The van der Waals surface area contributed by atoms with Crippen molar-refractivity contribution < 1.29 is 9.53 Å². The SMILES string of the molecule is CCNC(C)c1ccc(OCC(=O)NCC2CC2)c(Cl)c1. The van der Waals surface area contributed by atoms with Crippen LogP contribution in [-0.2, 0) is 4.79 Å². The Morgan fingerprint density at radius 2 is 2.24 bits per heavy atom. The topological polar surface area (TPSA) is 50.4 Å². The van der Waals surface area contributed by atoms with Gasteiger partial charge in [-0.2, -0.15) is 0 Å². The van der Waals surface area contributed by atoms with Crippen LogP contribution in [0.25, 0.3) is 0 Å². The van der Waals surface area contributed by atoms with Crippen LogP contribution in [0.2, 0.25) is 5.02 Å². The summed E-state index contributed by atoms with van der Waals surface area (Å²) in [6.07, 6.45) is 2.44. The molecular formula is C16H23ClN2O2. The first kappa shape index (κ1) is 16.1. The third-order valence-electron chi connectivity index (χ3n) is 3.61. The zero-order chi connectivity index (χ0) is 15.2. The summed E-state index contributed by atoms with van der Waals surface area (Å²) in [5.41, 5.74) is 1.10. The molecule has 0 bridgehead atoms. The minimum atomic E-state index is -0.0944. The lowest BCUT2D eigenvalue weighted by Gasteiger charge is -2.15. The van der Waals surface area contributed by atoms with E-state index in [4.69, 9.17) is 16.3 Å². The summed E-state index contributed by atoms with van der Waals surface area (Å²) in [5, 5.41) is 6.73. The van der Waals surface area contributed by atoms with Crippen molar-refractivity contribution in [3.05, 3.63) is 28.8 Å². The Morgan fingerprint density at radius 1 is 1.48 bits per heavy atom. The average Bonchev–Trinajstić information content (AvgIpc) is 3.28. The third kappa shape index (κ3) is 5.21. The molecule has 1 unspecified atom stereocenters. The number of hydrogen-bond donors (Lipinski definition) is 2. The van der Waals surface area contributed by atoms with Crippen LogP contribution in [0.1, 0.15) is 38.3 Å². The van der Waals surface area contributed by atoms with Gasteiger partial charge in [-0.05, 0) is 49.9 Å². The van der Waals surface area contributed by atoms with Crippen molar-refractivity contribution in [1.82, 2.24) is 10.6 Å². The van der Waals surface area contributed by atoms with Crippen molar-refractivity contribution in [2.75, 3.05) is 19.7 Å². The van der Waals surface area contributed by atoms with Crippen molar-refractivity contribution >= 4 is 17.5 Å². The van der Waals surface area contributed by atoms with Crippen molar-refractivity contribution in [2.24, 2.45) is 5.92 Å². The second-order valence-electron chi connectivity index (χ2n) is 5.51. The summed E-state index contributed by atoms with van der Waals surface area (Å²) >= 11 is 6.21. The summed E-state index contributed by atoms with van der Waals surface area (Å²) in [7, 11) is 0. The molecule has 1 aliphatic rings. The lowest BCUT2D eigenvalue weighted by Crippen LogP contribution is -2.30. The number of benzene rings is 1. The van der Waals surface area contributed by atoms with Crippen LogP contribution in [0.5, 0.6) is 5.75 Å². The predicted molar refractivity (Wildman–Crippen MR) is 84.8 cm³/mol. The molecule has 21 heavy (non-hydrogen) atoms. The molecular weight excluding hydrogens is 288 g/mol. The van der Waals surface area contributed by atoms with Gasteiger partial charge < -0.3 is 15.4 Å². The van der Waals surface area contributed by atoms with Gasteiger partial charge in [0.15, 0.2) is 6.61 Å². The first-order valence-corrected chi connectivity index (χ1v) is 7.90. The van der Waals surface area contributed by atoms with E-state index in [9.17, 15) is 4.79 Å². The number of rotatable bonds is 8. The Kier molecular flexibility index (Phi) is 5.88. The summed E-state index contributed by atoms with van der Waals surface area (Å²) in [5.74, 6) is 1.12.